The number of nitrogens with zero attached hydrogens (tertiary/aromatic N) is 1. The van der Waals surface area contributed by atoms with E-state index in [1.54, 1.807) is 58.2 Å². The molecule has 0 bridgehead atoms. The Labute approximate surface area is 173 Å². The van der Waals surface area contributed by atoms with Gasteiger partial charge in [0.1, 0.15) is 11.4 Å². The Bertz CT molecular complexity index is 1150. The lowest BCUT2D eigenvalue weighted by Gasteiger charge is -2.20. The molecule has 0 unspecified atom stereocenters. The zero-order valence-electron chi connectivity index (χ0n) is 16.9. The summed E-state index contributed by atoms with van der Waals surface area (Å²) in [5.74, 6) is -0.901. The van der Waals surface area contributed by atoms with E-state index >= 15 is 0 Å². The quantitative estimate of drug-likeness (QED) is 0.554. The Balaban J connectivity index is 1.97. The van der Waals surface area contributed by atoms with E-state index in [1.807, 2.05) is 6.07 Å². The highest BCUT2D eigenvalue weighted by Crippen LogP contribution is 2.21. The number of aryl methyl sites for hydroxylation is 3. The molecule has 152 valence electrons. The topological polar surface area (TPSA) is 47.8 Å². The molecule has 2 heterocycles. The highest BCUT2D eigenvalue weighted by atomic mass is 35.5. The summed E-state index contributed by atoms with van der Waals surface area (Å²) in [5, 5.41) is 0.0925. The van der Waals surface area contributed by atoms with Gasteiger partial charge in [0, 0.05) is 11.8 Å². The van der Waals surface area contributed by atoms with E-state index < -0.39 is 17.4 Å². The van der Waals surface area contributed by atoms with Crippen molar-refractivity contribution >= 4 is 23.1 Å². The van der Waals surface area contributed by atoms with Gasteiger partial charge >= 0.3 is 5.97 Å². The van der Waals surface area contributed by atoms with Gasteiger partial charge in [-0.3, -0.25) is 9.20 Å². The van der Waals surface area contributed by atoms with Crippen molar-refractivity contribution in [3.8, 4) is 0 Å². The molecule has 0 aliphatic rings. The number of benzene rings is 1. The van der Waals surface area contributed by atoms with Crippen LogP contribution < -0.4 is 5.56 Å². The third-order valence-electron chi connectivity index (χ3n) is 4.54. The molecule has 0 amide bonds. The summed E-state index contributed by atoms with van der Waals surface area (Å²) in [6.45, 7) is 7.04. The summed E-state index contributed by atoms with van der Waals surface area (Å²) >= 11 is 5.84. The number of halogens is 2. The van der Waals surface area contributed by atoms with Gasteiger partial charge in [0.25, 0.3) is 5.56 Å². The first-order valence-electron chi connectivity index (χ1n) is 9.38. The van der Waals surface area contributed by atoms with Crippen LogP contribution in [0.25, 0.3) is 5.52 Å². The number of carbonyl (C=O) groups is 1. The first-order chi connectivity index (χ1) is 13.6. The molecule has 6 heteroatoms. The zero-order chi connectivity index (χ0) is 21.3. The van der Waals surface area contributed by atoms with Gasteiger partial charge in [-0.25, -0.2) is 9.18 Å². The summed E-state index contributed by atoms with van der Waals surface area (Å²) in [7, 11) is 0. The van der Waals surface area contributed by atoms with Gasteiger partial charge in [-0.1, -0.05) is 29.8 Å². The van der Waals surface area contributed by atoms with Crippen molar-refractivity contribution in [3.05, 3.63) is 86.0 Å². The molecule has 1 aromatic carbocycles. The highest BCUT2D eigenvalue weighted by molar-refractivity contribution is 6.30. The normalized spacial score (nSPS) is 11.7. The van der Waals surface area contributed by atoms with Gasteiger partial charge in [-0.2, -0.15) is 0 Å². The molecule has 3 rings (SSSR count). The molecule has 0 N–H and O–H groups in total. The molecule has 0 aliphatic carbocycles. The van der Waals surface area contributed by atoms with Crippen molar-refractivity contribution < 1.29 is 13.9 Å². The third-order valence-corrected chi connectivity index (χ3v) is 4.83. The predicted molar refractivity (Wildman–Crippen MR) is 112 cm³/mol. The van der Waals surface area contributed by atoms with Gasteiger partial charge in [0.2, 0.25) is 0 Å². The fourth-order valence-electron chi connectivity index (χ4n) is 3.14. The van der Waals surface area contributed by atoms with Crippen LogP contribution in [0.1, 0.15) is 47.8 Å². The van der Waals surface area contributed by atoms with Gasteiger partial charge in [0.05, 0.1) is 16.1 Å². The number of carbonyl (C=O) groups excluding carboxylic acids is 1. The predicted octanol–water partition coefficient (Wildman–Crippen LogP) is 5.14. The smallest absolute Gasteiger partial charge is 0.340 e. The highest BCUT2D eigenvalue weighted by Gasteiger charge is 2.21. The van der Waals surface area contributed by atoms with Crippen molar-refractivity contribution in [2.75, 3.05) is 0 Å². The first kappa shape index (κ1) is 21.1. The number of fused-ring (bicyclic) bond motifs is 1. The lowest BCUT2D eigenvalue weighted by molar-refractivity contribution is 0.00712. The Morgan fingerprint density at radius 3 is 2.59 bits per heavy atom. The average Bonchev–Trinajstić information content (AvgIpc) is 2.64. The molecule has 0 radical (unpaired) electrons. The van der Waals surface area contributed by atoms with Crippen LogP contribution in [0.15, 0.2) is 47.4 Å². The van der Waals surface area contributed by atoms with Crippen LogP contribution in [0.4, 0.5) is 4.39 Å². The van der Waals surface area contributed by atoms with E-state index in [9.17, 15) is 14.0 Å². The van der Waals surface area contributed by atoms with Crippen LogP contribution >= 0.6 is 11.6 Å². The fourth-order valence-corrected chi connectivity index (χ4v) is 3.33. The van der Waals surface area contributed by atoms with Crippen LogP contribution in [0, 0.1) is 12.7 Å². The van der Waals surface area contributed by atoms with Crippen molar-refractivity contribution in [3.63, 3.8) is 0 Å². The Hall–Kier alpha value is -2.66. The summed E-state index contributed by atoms with van der Waals surface area (Å²) in [6.07, 6.45) is 2.66. The number of rotatable bonds is 4. The van der Waals surface area contributed by atoms with Crippen LogP contribution in [-0.4, -0.2) is 16.0 Å². The summed E-state index contributed by atoms with van der Waals surface area (Å²) in [5.41, 5.74) is 1.78. The second-order valence-electron chi connectivity index (χ2n) is 8.05. The van der Waals surface area contributed by atoms with E-state index in [2.05, 4.69) is 0 Å². The molecule has 4 nitrogen and oxygen atoms in total. The van der Waals surface area contributed by atoms with E-state index in [-0.39, 0.29) is 10.6 Å². The fraction of sp³-hybridized carbons (Fsp3) is 0.304. The minimum Gasteiger partial charge on any atom is -0.456 e. The SMILES string of the molecule is Cc1cc(C(=O)OC(C)(C)C)c2ccc(CCc3cccc(Cl)c3F)cn2c1=O. The van der Waals surface area contributed by atoms with E-state index in [4.69, 9.17) is 16.3 Å². The minimum absolute atomic E-state index is 0.0925. The van der Waals surface area contributed by atoms with Gasteiger partial charge < -0.3 is 4.74 Å². The molecule has 0 aliphatic heterocycles. The number of hydrogen-bond donors (Lipinski definition) is 0. The molecular formula is C23H23ClFNO3. The molecule has 0 fully saturated rings. The number of pyridine rings is 2. The summed E-state index contributed by atoms with van der Waals surface area (Å²) in [6, 6.07) is 10.0. The van der Waals surface area contributed by atoms with Crippen molar-refractivity contribution in [2.24, 2.45) is 0 Å². The molecule has 29 heavy (non-hydrogen) atoms. The zero-order valence-corrected chi connectivity index (χ0v) is 17.6. The molecule has 0 saturated carbocycles. The van der Waals surface area contributed by atoms with Crippen LogP contribution in [0.2, 0.25) is 5.02 Å². The molecule has 3 aromatic rings. The van der Waals surface area contributed by atoms with Crippen molar-refractivity contribution in [1.82, 2.24) is 4.40 Å². The van der Waals surface area contributed by atoms with Crippen LogP contribution in [0.3, 0.4) is 0 Å². The van der Waals surface area contributed by atoms with Gasteiger partial charge in [0.15, 0.2) is 0 Å². The maximum atomic E-state index is 14.1. The van der Waals surface area contributed by atoms with Crippen LogP contribution in [-0.2, 0) is 17.6 Å². The standard InChI is InChI=1S/C23H23ClFNO3/c1-14-12-17(22(28)29-23(2,3)4)19-11-9-15(13-26(19)21(14)27)8-10-16-6-5-7-18(24)20(16)25/h5-7,9,11-13H,8,10H2,1-4H3. The van der Waals surface area contributed by atoms with Gasteiger partial charge in [-0.05, 0) is 69.9 Å². The first-order valence-corrected chi connectivity index (χ1v) is 9.76. The number of ether oxygens (including phenoxy) is 1. The number of aromatic nitrogens is 1. The Morgan fingerprint density at radius 2 is 1.90 bits per heavy atom. The monoisotopic (exact) mass is 415 g/mol. The molecule has 0 spiro atoms. The summed E-state index contributed by atoms with van der Waals surface area (Å²) < 4.78 is 21.0. The second-order valence-corrected chi connectivity index (χ2v) is 8.46. The average molecular weight is 416 g/mol. The molecule has 0 atom stereocenters. The van der Waals surface area contributed by atoms with Crippen molar-refractivity contribution in [2.45, 2.75) is 46.1 Å². The molecule has 0 saturated heterocycles. The maximum Gasteiger partial charge on any atom is 0.340 e. The molecular weight excluding hydrogens is 393 g/mol. The van der Waals surface area contributed by atoms with E-state index in [0.717, 1.165) is 5.56 Å². The van der Waals surface area contributed by atoms with Gasteiger partial charge in [-0.15, -0.1) is 0 Å². The largest absolute Gasteiger partial charge is 0.456 e. The van der Waals surface area contributed by atoms with Crippen LogP contribution in [0.5, 0.6) is 0 Å². The maximum absolute atomic E-state index is 14.1. The van der Waals surface area contributed by atoms with E-state index in [1.165, 1.54) is 10.5 Å². The van der Waals surface area contributed by atoms with Crippen molar-refractivity contribution in [1.29, 1.82) is 0 Å². The minimum atomic E-state index is -0.640. The summed E-state index contributed by atoms with van der Waals surface area (Å²) in [4.78, 5) is 25.3. The van der Waals surface area contributed by atoms with E-state index in [0.29, 0.717) is 35.0 Å². The second kappa shape index (κ2) is 7.99. The Morgan fingerprint density at radius 1 is 1.17 bits per heavy atom. The third kappa shape index (κ3) is 4.67. The Kier molecular flexibility index (Phi) is 5.80. The number of esters is 1. The molecule has 2 aromatic heterocycles. The number of hydrogen-bond acceptors (Lipinski definition) is 3. The lowest BCUT2D eigenvalue weighted by Crippen LogP contribution is -2.26. The lowest BCUT2D eigenvalue weighted by atomic mass is 10.0.